The monoisotopic (exact) mass is 627 g/mol. The highest BCUT2D eigenvalue weighted by Gasteiger charge is 2.40. The van der Waals surface area contributed by atoms with Gasteiger partial charge in [0.15, 0.2) is 5.11 Å². The summed E-state index contributed by atoms with van der Waals surface area (Å²) in [5.74, 6) is -2.11. The third kappa shape index (κ3) is 6.46. The van der Waals surface area contributed by atoms with Gasteiger partial charge in [-0.3, -0.25) is 9.69 Å². The van der Waals surface area contributed by atoms with Crippen molar-refractivity contribution in [3.63, 3.8) is 0 Å². The molecule has 43 heavy (non-hydrogen) atoms. The molecular formula is C31H38FN5O4S2. The predicted octanol–water partition coefficient (Wildman–Crippen LogP) is 4.22. The lowest BCUT2D eigenvalue weighted by Crippen LogP contribution is -2.63. The first kappa shape index (κ1) is 31.1. The van der Waals surface area contributed by atoms with Crippen molar-refractivity contribution >= 4 is 46.3 Å². The van der Waals surface area contributed by atoms with Gasteiger partial charge in [0, 0.05) is 68.5 Å². The maximum Gasteiger partial charge on any atom is 0.336 e. The number of ether oxygens (including phenoxy) is 1. The number of dihydropyridines is 1. The molecule has 12 heteroatoms. The fourth-order valence-corrected chi connectivity index (χ4v) is 7.05. The molecule has 2 N–H and O–H groups in total. The van der Waals surface area contributed by atoms with Crippen LogP contribution in [0.2, 0.25) is 0 Å². The molecule has 2 aromatic rings. The number of allylic oxidation sites excluding steroid dienone is 1. The van der Waals surface area contributed by atoms with Crippen LogP contribution in [0.25, 0.3) is 5.70 Å². The van der Waals surface area contributed by atoms with Crippen molar-refractivity contribution in [3.8, 4) is 0 Å². The minimum absolute atomic E-state index is 0.177. The highest BCUT2D eigenvalue weighted by atomic mass is 32.1. The topological polar surface area (TPSA) is 98.2 Å². The van der Waals surface area contributed by atoms with Gasteiger partial charge in [-0.2, -0.15) is 0 Å². The van der Waals surface area contributed by atoms with Crippen LogP contribution < -0.4 is 5.32 Å². The number of thiocarbonyl (C=S) groups is 1. The molecule has 0 spiro atoms. The van der Waals surface area contributed by atoms with E-state index in [4.69, 9.17) is 17.0 Å². The van der Waals surface area contributed by atoms with Crippen molar-refractivity contribution in [2.24, 2.45) is 5.41 Å². The predicted molar refractivity (Wildman–Crippen MR) is 168 cm³/mol. The van der Waals surface area contributed by atoms with Crippen molar-refractivity contribution < 1.29 is 23.8 Å². The normalized spacial score (nSPS) is 21.3. The SMILES string of the molecule is CCOC(=O)C1=C(CN2CCN3C(=S)N(CC(C)(C)C(=O)O)CC[C@@H]3C2)NC(c2nccs2)=C[C@H]1c1cccc(F)c1C. The Morgan fingerprint density at radius 1 is 1.28 bits per heavy atom. The Hall–Kier alpha value is -3.35. The first-order valence-corrected chi connectivity index (χ1v) is 15.8. The summed E-state index contributed by atoms with van der Waals surface area (Å²) < 4.78 is 20.3. The van der Waals surface area contributed by atoms with Gasteiger partial charge in [0.1, 0.15) is 10.8 Å². The summed E-state index contributed by atoms with van der Waals surface area (Å²) in [6.07, 6.45) is 4.53. The van der Waals surface area contributed by atoms with Gasteiger partial charge in [0.25, 0.3) is 0 Å². The second-order valence-electron chi connectivity index (χ2n) is 11.9. The molecule has 0 bridgehead atoms. The summed E-state index contributed by atoms with van der Waals surface area (Å²) in [4.78, 5) is 36.3. The Kier molecular flexibility index (Phi) is 9.19. The third-order valence-electron chi connectivity index (χ3n) is 8.42. The number of carboxylic acids is 1. The van der Waals surface area contributed by atoms with Gasteiger partial charge in [-0.05, 0) is 69.6 Å². The van der Waals surface area contributed by atoms with Crippen molar-refractivity contribution in [2.45, 2.75) is 46.1 Å². The van der Waals surface area contributed by atoms with E-state index in [1.54, 1.807) is 40.0 Å². The zero-order chi connectivity index (χ0) is 30.9. The molecule has 0 aliphatic carbocycles. The molecule has 5 rings (SSSR count). The zero-order valence-corrected chi connectivity index (χ0v) is 26.6. The third-order valence-corrected chi connectivity index (χ3v) is 9.72. The van der Waals surface area contributed by atoms with Crippen LogP contribution >= 0.6 is 23.6 Å². The molecule has 2 fully saturated rings. The Bertz CT molecular complexity index is 1460. The summed E-state index contributed by atoms with van der Waals surface area (Å²) >= 11 is 7.32. The highest BCUT2D eigenvalue weighted by molar-refractivity contribution is 7.80. The molecule has 0 amide bonds. The van der Waals surface area contributed by atoms with E-state index in [1.165, 1.54) is 17.4 Å². The van der Waals surface area contributed by atoms with Crippen molar-refractivity contribution in [3.05, 3.63) is 69.1 Å². The van der Waals surface area contributed by atoms with E-state index in [0.717, 1.165) is 29.4 Å². The van der Waals surface area contributed by atoms with Crippen LogP contribution in [-0.2, 0) is 14.3 Å². The van der Waals surface area contributed by atoms with E-state index < -0.39 is 23.3 Å². The lowest BCUT2D eigenvalue weighted by molar-refractivity contribution is -0.147. The van der Waals surface area contributed by atoms with Crippen LogP contribution in [0.15, 0.2) is 47.1 Å². The average Bonchev–Trinajstić information content (AvgIpc) is 3.51. The van der Waals surface area contributed by atoms with Crippen molar-refractivity contribution in [1.29, 1.82) is 0 Å². The average molecular weight is 628 g/mol. The van der Waals surface area contributed by atoms with Crippen LogP contribution in [0.5, 0.6) is 0 Å². The summed E-state index contributed by atoms with van der Waals surface area (Å²) in [6, 6.07) is 5.14. The number of hydrogen-bond donors (Lipinski definition) is 2. The molecule has 2 atom stereocenters. The Balaban J connectivity index is 1.42. The maximum atomic E-state index is 14.8. The largest absolute Gasteiger partial charge is 0.481 e. The fourth-order valence-electron chi connectivity index (χ4n) is 6.04. The number of fused-ring (bicyclic) bond motifs is 1. The van der Waals surface area contributed by atoms with Gasteiger partial charge in [-0.25, -0.2) is 14.2 Å². The summed E-state index contributed by atoms with van der Waals surface area (Å²) in [7, 11) is 0. The summed E-state index contributed by atoms with van der Waals surface area (Å²) in [5.41, 5.74) is 2.27. The molecule has 4 heterocycles. The van der Waals surface area contributed by atoms with E-state index in [9.17, 15) is 19.1 Å². The molecule has 3 aliphatic heterocycles. The highest BCUT2D eigenvalue weighted by Crippen LogP contribution is 2.38. The first-order valence-electron chi connectivity index (χ1n) is 14.5. The second kappa shape index (κ2) is 12.7. The quantitative estimate of drug-likeness (QED) is 0.311. The van der Waals surface area contributed by atoms with Crippen LogP contribution in [0.1, 0.15) is 49.2 Å². The van der Waals surface area contributed by atoms with Crippen LogP contribution in [0.4, 0.5) is 4.39 Å². The number of piperazine rings is 1. The number of carbonyl (C=O) groups excluding carboxylic acids is 1. The number of nitrogens with one attached hydrogen (secondary N) is 1. The minimum atomic E-state index is -0.902. The van der Waals surface area contributed by atoms with Crippen LogP contribution in [-0.4, -0.2) is 93.8 Å². The van der Waals surface area contributed by atoms with E-state index in [2.05, 4.69) is 20.1 Å². The zero-order valence-electron chi connectivity index (χ0n) is 24.9. The number of carbonyl (C=O) groups is 2. The summed E-state index contributed by atoms with van der Waals surface area (Å²) in [5, 5.41) is 16.5. The molecule has 2 saturated heterocycles. The van der Waals surface area contributed by atoms with Gasteiger partial charge in [0.05, 0.1) is 23.3 Å². The molecule has 1 aromatic heterocycles. The number of thiazole rings is 1. The Labute approximate surface area is 261 Å². The van der Waals surface area contributed by atoms with Gasteiger partial charge in [-0.15, -0.1) is 11.3 Å². The number of aliphatic carboxylic acids is 1. The summed E-state index contributed by atoms with van der Waals surface area (Å²) in [6.45, 7) is 10.8. The minimum Gasteiger partial charge on any atom is -0.481 e. The second-order valence-corrected chi connectivity index (χ2v) is 13.1. The molecule has 1 aromatic carbocycles. The Morgan fingerprint density at radius 3 is 2.77 bits per heavy atom. The van der Waals surface area contributed by atoms with Crippen molar-refractivity contribution in [2.75, 3.05) is 45.9 Å². The molecular weight excluding hydrogens is 590 g/mol. The number of benzene rings is 1. The maximum absolute atomic E-state index is 14.8. The Morgan fingerprint density at radius 2 is 2.07 bits per heavy atom. The standard InChI is InChI=1S/C31H38FN5O4S2/c1-5-41-28(38)26-22(21-7-6-8-23(32)19(21)2)15-24(27-33-10-14-43-27)34-25(26)17-35-12-13-37-20(16-35)9-11-36(30(37)42)18-31(3,4)29(39)40/h6-8,10,14-15,20,22,34H,5,9,11-13,16-18H2,1-4H3,(H,39,40)/t20-,22+/m1/s1. The number of nitrogens with zero attached hydrogens (tertiary/aromatic N) is 4. The molecule has 0 radical (unpaired) electrons. The molecule has 9 nitrogen and oxygen atoms in total. The van der Waals surface area contributed by atoms with E-state index in [-0.39, 0.29) is 18.5 Å². The lowest BCUT2D eigenvalue weighted by Gasteiger charge is -2.50. The number of carboxylic acid groups (broad SMARTS) is 1. The van der Waals surface area contributed by atoms with Gasteiger partial charge in [0.2, 0.25) is 0 Å². The van der Waals surface area contributed by atoms with Crippen molar-refractivity contribution in [1.82, 2.24) is 25.0 Å². The lowest BCUT2D eigenvalue weighted by atomic mass is 9.84. The van der Waals surface area contributed by atoms with Gasteiger partial charge < -0.3 is 25.0 Å². The molecule has 0 saturated carbocycles. The van der Waals surface area contributed by atoms with Gasteiger partial charge >= 0.3 is 11.9 Å². The fraction of sp³-hybridized carbons (Fsp3) is 0.484. The molecule has 230 valence electrons. The number of rotatable bonds is 9. The van der Waals surface area contributed by atoms with E-state index >= 15 is 0 Å². The molecule has 0 unspecified atom stereocenters. The molecule has 3 aliphatic rings. The van der Waals surface area contributed by atoms with Crippen LogP contribution in [0, 0.1) is 18.2 Å². The number of aromatic nitrogens is 1. The number of esters is 1. The smallest absolute Gasteiger partial charge is 0.336 e. The number of hydrogen-bond acceptors (Lipinski definition) is 8. The van der Waals surface area contributed by atoms with E-state index in [0.29, 0.717) is 54.5 Å². The number of halogens is 1. The first-order chi connectivity index (χ1) is 20.5. The van der Waals surface area contributed by atoms with Crippen LogP contribution in [0.3, 0.4) is 0 Å². The van der Waals surface area contributed by atoms with Gasteiger partial charge in [-0.1, -0.05) is 12.1 Å². The van der Waals surface area contributed by atoms with E-state index in [1.807, 2.05) is 22.4 Å².